The van der Waals surface area contributed by atoms with Crippen LogP contribution in [0.4, 0.5) is 0 Å². The van der Waals surface area contributed by atoms with Crippen LogP contribution >= 0.6 is 28.3 Å². The van der Waals surface area contributed by atoms with E-state index in [9.17, 15) is 9.59 Å². The number of likely N-dealkylation sites (tertiary alicyclic amines) is 1. The average Bonchev–Trinajstić information content (AvgIpc) is 2.58. The van der Waals surface area contributed by atoms with Crippen molar-refractivity contribution in [2.45, 2.75) is 32.4 Å². The SMILES string of the molecule is CC(N)C1CCCN(C(=O)Cn2cnc3ccc(Br)cc3c2=O)C1.Cl. The van der Waals surface area contributed by atoms with Crippen LogP contribution in [0.2, 0.25) is 0 Å². The second-order valence-electron chi connectivity index (χ2n) is 6.44. The first-order chi connectivity index (χ1) is 11.5. The number of nitrogens with two attached hydrogens (primary N) is 1. The van der Waals surface area contributed by atoms with Gasteiger partial charge >= 0.3 is 0 Å². The lowest BCUT2D eigenvalue weighted by Gasteiger charge is -2.34. The van der Waals surface area contributed by atoms with Gasteiger partial charge in [-0.05, 0) is 43.9 Å². The summed E-state index contributed by atoms with van der Waals surface area (Å²) in [7, 11) is 0. The molecule has 1 fully saturated rings. The van der Waals surface area contributed by atoms with Gasteiger partial charge in [-0.1, -0.05) is 15.9 Å². The molecule has 1 aliphatic heterocycles. The summed E-state index contributed by atoms with van der Waals surface area (Å²) in [6.07, 6.45) is 3.45. The summed E-state index contributed by atoms with van der Waals surface area (Å²) in [6, 6.07) is 5.43. The Hall–Kier alpha value is -1.44. The van der Waals surface area contributed by atoms with E-state index in [0.29, 0.717) is 23.4 Å². The Morgan fingerprint density at radius 1 is 1.48 bits per heavy atom. The molecule has 2 unspecified atom stereocenters. The highest BCUT2D eigenvalue weighted by Gasteiger charge is 2.26. The minimum absolute atomic E-state index is 0. The number of fused-ring (bicyclic) bond motifs is 1. The Kier molecular flexibility index (Phi) is 6.59. The van der Waals surface area contributed by atoms with Crippen LogP contribution in [0, 0.1) is 5.92 Å². The molecule has 1 amide bonds. The fourth-order valence-electron chi connectivity index (χ4n) is 3.16. The highest BCUT2D eigenvalue weighted by atomic mass is 79.9. The van der Waals surface area contributed by atoms with Crippen LogP contribution in [0.15, 0.2) is 33.8 Å². The zero-order valence-corrected chi connectivity index (χ0v) is 16.4. The Balaban J connectivity index is 0.00000225. The van der Waals surface area contributed by atoms with Crippen LogP contribution in [0.25, 0.3) is 10.9 Å². The number of benzene rings is 1. The van der Waals surface area contributed by atoms with E-state index >= 15 is 0 Å². The third-order valence-corrected chi connectivity index (χ3v) is 5.14. The third-order valence-electron chi connectivity index (χ3n) is 4.65. The second kappa shape index (κ2) is 8.29. The lowest BCUT2D eigenvalue weighted by atomic mass is 9.92. The van der Waals surface area contributed by atoms with Gasteiger partial charge in [-0.15, -0.1) is 12.4 Å². The van der Waals surface area contributed by atoms with Crippen molar-refractivity contribution < 1.29 is 4.79 Å². The molecular weight excluding hydrogens is 408 g/mol. The predicted molar refractivity (Wildman–Crippen MR) is 104 cm³/mol. The van der Waals surface area contributed by atoms with E-state index in [0.717, 1.165) is 23.9 Å². The van der Waals surface area contributed by atoms with Gasteiger partial charge in [0, 0.05) is 23.6 Å². The molecule has 0 aliphatic carbocycles. The van der Waals surface area contributed by atoms with E-state index in [2.05, 4.69) is 20.9 Å². The molecule has 25 heavy (non-hydrogen) atoms. The highest BCUT2D eigenvalue weighted by Crippen LogP contribution is 2.19. The summed E-state index contributed by atoms with van der Waals surface area (Å²) in [6.45, 7) is 3.38. The van der Waals surface area contributed by atoms with Crippen molar-refractivity contribution in [1.29, 1.82) is 0 Å². The molecule has 0 saturated carbocycles. The smallest absolute Gasteiger partial charge is 0.261 e. The first kappa shape index (κ1) is 19.9. The largest absolute Gasteiger partial charge is 0.341 e. The predicted octanol–water partition coefficient (Wildman–Crippen LogP) is 2.17. The average molecular weight is 430 g/mol. The number of halogens is 2. The molecule has 3 rings (SSSR count). The van der Waals surface area contributed by atoms with Crippen molar-refractivity contribution in [1.82, 2.24) is 14.5 Å². The van der Waals surface area contributed by atoms with E-state index in [-0.39, 0.29) is 36.5 Å². The van der Waals surface area contributed by atoms with Crippen LogP contribution in [0.5, 0.6) is 0 Å². The Morgan fingerprint density at radius 3 is 2.96 bits per heavy atom. The summed E-state index contributed by atoms with van der Waals surface area (Å²) in [5, 5.41) is 0.506. The Labute approximate surface area is 160 Å². The van der Waals surface area contributed by atoms with Gasteiger partial charge < -0.3 is 10.6 Å². The van der Waals surface area contributed by atoms with Crippen LogP contribution in [-0.2, 0) is 11.3 Å². The number of hydrogen-bond acceptors (Lipinski definition) is 4. The summed E-state index contributed by atoms with van der Waals surface area (Å²) < 4.78 is 2.20. The molecule has 6 nitrogen and oxygen atoms in total. The maximum Gasteiger partial charge on any atom is 0.261 e. The first-order valence-electron chi connectivity index (χ1n) is 8.14. The standard InChI is InChI=1S/C17H21BrN4O2.ClH/c1-11(19)12-3-2-6-21(8-12)16(23)9-22-10-20-15-5-4-13(18)7-14(15)17(22)24;/h4-5,7,10-12H,2-3,6,8-9,19H2,1H3;1H. The van der Waals surface area contributed by atoms with Crippen molar-refractivity contribution in [3.8, 4) is 0 Å². The maximum atomic E-state index is 12.6. The lowest BCUT2D eigenvalue weighted by molar-refractivity contribution is -0.133. The zero-order chi connectivity index (χ0) is 17.3. The molecule has 8 heteroatoms. The lowest BCUT2D eigenvalue weighted by Crippen LogP contribution is -2.46. The van der Waals surface area contributed by atoms with Gasteiger partial charge in [-0.2, -0.15) is 0 Å². The first-order valence-corrected chi connectivity index (χ1v) is 8.93. The van der Waals surface area contributed by atoms with Gasteiger partial charge in [0.05, 0.1) is 17.2 Å². The van der Waals surface area contributed by atoms with E-state index in [1.54, 1.807) is 12.1 Å². The molecule has 2 atom stereocenters. The van der Waals surface area contributed by atoms with E-state index in [1.807, 2.05) is 17.9 Å². The summed E-state index contributed by atoms with van der Waals surface area (Å²) in [5.41, 5.74) is 6.40. The molecule has 1 aliphatic rings. The van der Waals surface area contributed by atoms with Crippen LogP contribution in [0.3, 0.4) is 0 Å². The quantitative estimate of drug-likeness (QED) is 0.811. The fourth-order valence-corrected chi connectivity index (χ4v) is 3.52. The van der Waals surface area contributed by atoms with E-state index < -0.39 is 0 Å². The summed E-state index contributed by atoms with van der Waals surface area (Å²) in [5.74, 6) is 0.267. The molecule has 2 N–H and O–H groups in total. The molecule has 2 heterocycles. The molecule has 1 aromatic carbocycles. The van der Waals surface area contributed by atoms with Gasteiger partial charge in [0.1, 0.15) is 6.54 Å². The van der Waals surface area contributed by atoms with E-state index in [1.165, 1.54) is 10.9 Å². The van der Waals surface area contributed by atoms with Gasteiger partial charge in [-0.3, -0.25) is 14.2 Å². The molecule has 2 aromatic rings. The number of rotatable bonds is 3. The zero-order valence-electron chi connectivity index (χ0n) is 14.0. The van der Waals surface area contributed by atoms with E-state index in [4.69, 9.17) is 5.73 Å². The Bertz CT molecular complexity index is 824. The number of nitrogens with zero attached hydrogens (tertiary/aromatic N) is 3. The molecule has 0 spiro atoms. The monoisotopic (exact) mass is 428 g/mol. The van der Waals surface area contributed by atoms with Crippen molar-refractivity contribution in [2.24, 2.45) is 11.7 Å². The molecule has 1 saturated heterocycles. The summed E-state index contributed by atoms with van der Waals surface area (Å²) in [4.78, 5) is 31.3. The number of hydrogen-bond donors (Lipinski definition) is 1. The van der Waals surface area contributed by atoms with Crippen LogP contribution < -0.4 is 11.3 Å². The van der Waals surface area contributed by atoms with Gasteiger partial charge in [0.2, 0.25) is 5.91 Å². The van der Waals surface area contributed by atoms with Crippen molar-refractivity contribution in [3.63, 3.8) is 0 Å². The van der Waals surface area contributed by atoms with Crippen molar-refractivity contribution in [3.05, 3.63) is 39.4 Å². The number of carbonyl (C=O) groups excluding carboxylic acids is 1. The minimum Gasteiger partial charge on any atom is -0.341 e. The maximum absolute atomic E-state index is 12.6. The molecular formula is C17H22BrClN4O2. The molecule has 1 aromatic heterocycles. The van der Waals surface area contributed by atoms with Crippen LogP contribution in [0.1, 0.15) is 19.8 Å². The number of aromatic nitrogens is 2. The summed E-state index contributed by atoms with van der Waals surface area (Å²) >= 11 is 3.36. The third kappa shape index (κ3) is 4.40. The number of amides is 1. The van der Waals surface area contributed by atoms with Gasteiger partial charge in [0.25, 0.3) is 5.56 Å². The van der Waals surface area contributed by atoms with Gasteiger partial charge in [0.15, 0.2) is 0 Å². The topological polar surface area (TPSA) is 81.2 Å². The van der Waals surface area contributed by atoms with Crippen molar-refractivity contribution >= 4 is 45.1 Å². The van der Waals surface area contributed by atoms with Gasteiger partial charge in [-0.25, -0.2) is 4.98 Å². The molecule has 136 valence electrons. The Morgan fingerprint density at radius 2 is 2.24 bits per heavy atom. The molecule has 0 radical (unpaired) electrons. The second-order valence-corrected chi connectivity index (χ2v) is 7.36. The number of piperidine rings is 1. The normalized spacial score (nSPS) is 18.7. The fraction of sp³-hybridized carbons (Fsp3) is 0.471. The highest BCUT2D eigenvalue weighted by molar-refractivity contribution is 9.10. The molecule has 0 bridgehead atoms. The van der Waals surface area contributed by atoms with Crippen LogP contribution in [-0.4, -0.2) is 39.5 Å². The number of carbonyl (C=O) groups is 1. The van der Waals surface area contributed by atoms with Crippen molar-refractivity contribution in [2.75, 3.05) is 13.1 Å². The minimum atomic E-state index is -0.199.